The highest BCUT2D eigenvalue weighted by molar-refractivity contribution is 6.37. The minimum absolute atomic E-state index is 0.207. The molecule has 1 heterocycles. The van der Waals surface area contributed by atoms with E-state index in [0.29, 0.717) is 51.3 Å². The average molecular weight is 538 g/mol. The highest BCUT2D eigenvalue weighted by Crippen LogP contribution is 2.35. The molecule has 0 aliphatic carbocycles. The second kappa shape index (κ2) is 11.4. The molecule has 8 heteroatoms. The summed E-state index contributed by atoms with van der Waals surface area (Å²) in [6.45, 7) is 11.0. The Hall–Kier alpha value is -3.35. The molecule has 0 unspecified atom stereocenters. The van der Waals surface area contributed by atoms with Gasteiger partial charge >= 0.3 is 0 Å². The molecule has 4 aromatic rings. The minimum atomic E-state index is -0.278. The Kier molecular flexibility index (Phi) is 8.20. The molecule has 0 radical (unpaired) electrons. The Labute approximate surface area is 226 Å². The molecular weight excluding hydrogens is 509 g/mol. The van der Waals surface area contributed by atoms with Crippen molar-refractivity contribution < 1.29 is 9.47 Å². The van der Waals surface area contributed by atoms with Crippen molar-refractivity contribution in [2.75, 3.05) is 13.2 Å². The molecule has 192 valence electrons. The normalized spacial score (nSPS) is 11.6. The Bertz CT molecular complexity index is 1520. The summed E-state index contributed by atoms with van der Waals surface area (Å²) in [5, 5.41) is 5.76. The summed E-state index contributed by atoms with van der Waals surface area (Å²) < 4.78 is 12.7. The summed E-state index contributed by atoms with van der Waals surface area (Å²) in [7, 11) is 0. The number of aromatic nitrogens is 2. The lowest BCUT2D eigenvalue weighted by atomic mass is 9.96. The molecule has 0 amide bonds. The van der Waals surface area contributed by atoms with E-state index in [0.717, 1.165) is 22.4 Å². The van der Waals surface area contributed by atoms with E-state index in [9.17, 15) is 4.79 Å². The van der Waals surface area contributed by atoms with Crippen LogP contribution in [0, 0.1) is 6.92 Å². The SMILES string of the molecule is CCOc1cc(C)c(-c2nc3ccccc3c(=O)n2N=Cc2cc(Cl)c(OCC)c(Cl)c2)cc1C(C)C. The van der Waals surface area contributed by atoms with Gasteiger partial charge in [-0.05, 0) is 79.8 Å². The number of hydrogen-bond acceptors (Lipinski definition) is 5. The molecule has 0 aliphatic rings. The zero-order valence-electron chi connectivity index (χ0n) is 21.5. The predicted octanol–water partition coefficient (Wildman–Crippen LogP) is 7.48. The minimum Gasteiger partial charge on any atom is -0.494 e. The zero-order valence-corrected chi connectivity index (χ0v) is 23.0. The van der Waals surface area contributed by atoms with Crippen LogP contribution in [0.25, 0.3) is 22.3 Å². The maximum absolute atomic E-state index is 13.6. The van der Waals surface area contributed by atoms with Gasteiger partial charge in [0.15, 0.2) is 11.6 Å². The molecule has 1 aromatic heterocycles. The number of halogens is 2. The van der Waals surface area contributed by atoms with Crippen LogP contribution < -0.4 is 15.0 Å². The molecule has 0 aliphatic heterocycles. The lowest BCUT2D eigenvalue weighted by Crippen LogP contribution is -2.21. The quantitative estimate of drug-likeness (QED) is 0.218. The van der Waals surface area contributed by atoms with E-state index in [1.54, 1.807) is 24.4 Å². The molecule has 37 heavy (non-hydrogen) atoms. The number of hydrogen-bond donors (Lipinski definition) is 0. The number of rotatable bonds is 8. The molecule has 4 rings (SSSR count). The number of fused-ring (bicyclic) bond motifs is 1. The molecule has 6 nitrogen and oxygen atoms in total. The summed E-state index contributed by atoms with van der Waals surface area (Å²) in [6, 6.07) is 14.7. The van der Waals surface area contributed by atoms with Gasteiger partial charge < -0.3 is 9.47 Å². The van der Waals surface area contributed by atoms with Crippen molar-refractivity contribution in [3.63, 3.8) is 0 Å². The number of nitrogens with zero attached hydrogens (tertiary/aromatic N) is 3. The average Bonchev–Trinajstić information content (AvgIpc) is 2.86. The van der Waals surface area contributed by atoms with Gasteiger partial charge in [-0.15, -0.1) is 0 Å². The third-order valence-corrected chi connectivity index (χ3v) is 6.47. The van der Waals surface area contributed by atoms with Crippen LogP contribution in [0.15, 0.2) is 58.4 Å². The van der Waals surface area contributed by atoms with Crippen LogP contribution in [0.5, 0.6) is 11.5 Å². The Morgan fingerprint density at radius 3 is 2.35 bits per heavy atom. The van der Waals surface area contributed by atoms with Gasteiger partial charge in [-0.25, -0.2) is 4.98 Å². The second-order valence-corrected chi connectivity index (χ2v) is 9.67. The Balaban J connectivity index is 1.94. The number of benzene rings is 3. The summed E-state index contributed by atoms with van der Waals surface area (Å²) in [6.07, 6.45) is 1.54. The van der Waals surface area contributed by atoms with Crippen LogP contribution in [-0.2, 0) is 0 Å². The van der Waals surface area contributed by atoms with Gasteiger partial charge in [0.1, 0.15) is 5.75 Å². The molecule has 0 bridgehead atoms. The molecule has 3 aromatic carbocycles. The zero-order chi connectivity index (χ0) is 26.7. The Morgan fingerprint density at radius 1 is 1.03 bits per heavy atom. The van der Waals surface area contributed by atoms with E-state index < -0.39 is 0 Å². The van der Waals surface area contributed by atoms with Crippen LogP contribution >= 0.6 is 23.2 Å². The molecular formula is C29H29Cl2N3O3. The first-order valence-electron chi connectivity index (χ1n) is 12.2. The van der Waals surface area contributed by atoms with Crippen LogP contribution in [0.4, 0.5) is 0 Å². The third kappa shape index (κ3) is 5.50. The topological polar surface area (TPSA) is 65.7 Å². The van der Waals surface area contributed by atoms with E-state index in [4.69, 9.17) is 37.7 Å². The lowest BCUT2D eigenvalue weighted by molar-refractivity contribution is 0.335. The molecule has 0 fully saturated rings. The van der Waals surface area contributed by atoms with Crippen molar-refractivity contribution in [2.45, 2.75) is 40.5 Å². The monoisotopic (exact) mass is 537 g/mol. The smallest absolute Gasteiger partial charge is 0.282 e. The fourth-order valence-corrected chi connectivity index (χ4v) is 4.75. The van der Waals surface area contributed by atoms with Gasteiger partial charge in [-0.2, -0.15) is 9.78 Å². The van der Waals surface area contributed by atoms with Crippen molar-refractivity contribution in [3.8, 4) is 22.9 Å². The summed E-state index contributed by atoms with van der Waals surface area (Å²) in [5.41, 5.74) is 3.70. The van der Waals surface area contributed by atoms with Gasteiger partial charge in [0, 0.05) is 5.56 Å². The van der Waals surface area contributed by atoms with Crippen molar-refractivity contribution in [3.05, 3.63) is 85.6 Å². The predicted molar refractivity (Wildman–Crippen MR) is 152 cm³/mol. The van der Waals surface area contributed by atoms with E-state index in [1.807, 2.05) is 51.1 Å². The second-order valence-electron chi connectivity index (χ2n) is 8.85. The van der Waals surface area contributed by atoms with Crippen LogP contribution in [0.3, 0.4) is 0 Å². The van der Waals surface area contributed by atoms with E-state index in [1.165, 1.54) is 4.68 Å². The molecule has 0 spiro atoms. The molecule has 0 saturated carbocycles. The lowest BCUT2D eigenvalue weighted by Gasteiger charge is -2.18. The molecule has 0 saturated heterocycles. The van der Waals surface area contributed by atoms with Gasteiger partial charge in [-0.1, -0.05) is 49.2 Å². The molecule has 0 N–H and O–H groups in total. The summed E-state index contributed by atoms with van der Waals surface area (Å²) in [4.78, 5) is 18.5. The number of aryl methyl sites for hydroxylation is 1. The van der Waals surface area contributed by atoms with E-state index >= 15 is 0 Å². The first-order chi connectivity index (χ1) is 17.7. The maximum Gasteiger partial charge on any atom is 0.282 e. The van der Waals surface area contributed by atoms with Crippen LogP contribution in [-0.4, -0.2) is 29.1 Å². The summed E-state index contributed by atoms with van der Waals surface area (Å²) >= 11 is 12.8. The van der Waals surface area contributed by atoms with Crippen molar-refractivity contribution in [1.82, 2.24) is 9.66 Å². The molecule has 0 atom stereocenters. The van der Waals surface area contributed by atoms with Gasteiger partial charge in [0.2, 0.25) is 0 Å². The summed E-state index contributed by atoms with van der Waals surface area (Å²) in [5.74, 6) is 1.89. The number of ether oxygens (including phenoxy) is 2. The highest BCUT2D eigenvalue weighted by Gasteiger charge is 2.18. The van der Waals surface area contributed by atoms with E-state index in [-0.39, 0.29) is 11.5 Å². The fourth-order valence-electron chi connectivity index (χ4n) is 4.14. The fraction of sp³-hybridized carbons (Fsp3) is 0.276. The van der Waals surface area contributed by atoms with E-state index in [2.05, 4.69) is 18.9 Å². The first-order valence-corrected chi connectivity index (χ1v) is 13.0. The van der Waals surface area contributed by atoms with Gasteiger partial charge in [0.25, 0.3) is 5.56 Å². The largest absolute Gasteiger partial charge is 0.494 e. The van der Waals surface area contributed by atoms with Crippen molar-refractivity contribution >= 4 is 40.3 Å². The van der Waals surface area contributed by atoms with Gasteiger partial charge in [0.05, 0.1) is 40.4 Å². The highest BCUT2D eigenvalue weighted by atomic mass is 35.5. The van der Waals surface area contributed by atoms with Crippen LogP contribution in [0.2, 0.25) is 10.0 Å². The first kappa shape index (κ1) is 26.7. The number of para-hydroxylation sites is 1. The maximum atomic E-state index is 13.6. The van der Waals surface area contributed by atoms with Crippen molar-refractivity contribution in [2.24, 2.45) is 5.10 Å². The van der Waals surface area contributed by atoms with Gasteiger partial charge in [-0.3, -0.25) is 4.79 Å². The van der Waals surface area contributed by atoms with Crippen LogP contribution in [0.1, 0.15) is 50.3 Å². The standard InChI is InChI=1S/C29H29Cl2N3O3/c1-6-36-26-12-18(5)22(15-21(26)17(3)4)28-33-25-11-9-8-10-20(25)29(35)34(28)32-16-19-13-23(30)27(37-7-2)24(31)14-19/h8-17H,6-7H2,1-5H3. The Morgan fingerprint density at radius 2 is 1.70 bits per heavy atom. The third-order valence-electron chi connectivity index (χ3n) is 5.90. The van der Waals surface area contributed by atoms with Crippen molar-refractivity contribution in [1.29, 1.82) is 0 Å².